The third kappa shape index (κ3) is 2.96. The number of amides is 1. The first-order valence-corrected chi connectivity index (χ1v) is 8.41. The second-order valence-corrected chi connectivity index (χ2v) is 6.12. The average Bonchev–Trinajstić information content (AvgIpc) is 3.24. The van der Waals surface area contributed by atoms with Crippen molar-refractivity contribution in [2.45, 2.75) is 13.5 Å². The van der Waals surface area contributed by atoms with Gasteiger partial charge in [0, 0.05) is 24.0 Å². The molecule has 0 bridgehead atoms. The molecule has 0 aliphatic carbocycles. The van der Waals surface area contributed by atoms with Crippen LogP contribution in [0, 0.1) is 6.92 Å². The zero-order valence-corrected chi connectivity index (χ0v) is 14.1. The molecular formula is C16H13N7OS. The minimum atomic E-state index is -0.203. The van der Waals surface area contributed by atoms with E-state index in [9.17, 15) is 4.79 Å². The number of hydrogen-bond acceptors (Lipinski definition) is 7. The Balaban J connectivity index is 1.51. The third-order valence-corrected chi connectivity index (χ3v) is 4.45. The van der Waals surface area contributed by atoms with Gasteiger partial charge in [0.25, 0.3) is 5.91 Å². The van der Waals surface area contributed by atoms with Crippen molar-refractivity contribution in [1.29, 1.82) is 0 Å². The van der Waals surface area contributed by atoms with Crippen LogP contribution in [0.5, 0.6) is 0 Å². The molecule has 4 aromatic heterocycles. The number of aromatic nitrogens is 6. The van der Waals surface area contributed by atoms with Crippen molar-refractivity contribution >= 4 is 22.8 Å². The summed E-state index contributed by atoms with van der Waals surface area (Å²) in [6, 6.07) is 5.35. The molecule has 4 rings (SSSR count). The first kappa shape index (κ1) is 15.3. The van der Waals surface area contributed by atoms with Crippen molar-refractivity contribution in [3.63, 3.8) is 0 Å². The van der Waals surface area contributed by atoms with Crippen LogP contribution >= 0.6 is 11.3 Å². The fourth-order valence-corrected chi connectivity index (χ4v) is 3.21. The maximum absolute atomic E-state index is 12.5. The van der Waals surface area contributed by atoms with E-state index in [-0.39, 0.29) is 5.91 Å². The smallest absolute Gasteiger partial charge is 0.255 e. The van der Waals surface area contributed by atoms with Gasteiger partial charge in [-0.05, 0) is 25.1 Å². The molecule has 0 atom stereocenters. The molecule has 0 unspecified atom stereocenters. The van der Waals surface area contributed by atoms with Crippen LogP contribution in [0.4, 0.5) is 0 Å². The SMILES string of the molecule is Cc1nn2ncccc2c1C(=O)NCc1csc(-c2ncccn2)n1. The average molecular weight is 351 g/mol. The van der Waals surface area contributed by atoms with Crippen LogP contribution in [0.25, 0.3) is 16.3 Å². The van der Waals surface area contributed by atoms with Crippen LogP contribution in [0.2, 0.25) is 0 Å². The number of rotatable bonds is 4. The summed E-state index contributed by atoms with van der Waals surface area (Å²) in [5.74, 6) is 0.376. The highest BCUT2D eigenvalue weighted by Crippen LogP contribution is 2.19. The van der Waals surface area contributed by atoms with Crippen molar-refractivity contribution in [1.82, 2.24) is 35.1 Å². The molecule has 4 heterocycles. The lowest BCUT2D eigenvalue weighted by molar-refractivity contribution is 0.0951. The summed E-state index contributed by atoms with van der Waals surface area (Å²) >= 11 is 1.44. The first-order valence-electron chi connectivity index (χ1n) is 7.53. The predicted molar refractivity (Wildman–Crippen MR) is 92.0 cm³/mol. The zero-order valence-electron chi connectivity index (χ0n) is 13.2. The van der Waals surface area contributed by atoms with E-state index in [0.717, 1.165) is 10.7 Å². The molecule has 1 amide bonds. The molecule has 0 aromatic carbocycles. The molecule has 0 saturated carbocycles. The molecular weight excluding hydrogens is 338 g/mol. The van der Waals surface area contributed by atoms with Crippen molar-refractivity contribution in [3.8, 4) is 10.8 Å². The van der Waals surface area contributed by atoms with E-state index in [2.05, 4.69) is 30.5 Å². The quantitative estimate of drug-likeness (QED) is 0.603. The van der Waals surface area contributed by atoms with E-state index in [1.54, 1.807) is 37.6 Å². The van der Waals surface area contributed by atoms with Crippen LogP contribution in [0.15, 0.2) is 42.2 Å². The summed E-state index contributed by atoms with van der Waals surface area (Å²) in [6.45, 7) is 2.11. The van der Waals surface area contributed by atoms with Crippen LogP contribution in [-0.2, 0) is 6.54 Å². The second kappa shape index (κ2) is 6.36. The van der Waals surface area contributed by atoms with Crippen LogP contribution in [0.3, 0.4) is 0 Å². The van der Waals surface area contributed by atoms with Crippen molar-refractivity contribution in [3.05, 3.63) is 59.1 Å². The Morgan fingerprint density at radius 3 is 2.92 bits per heavy atom. The Bertz CT molecular complexity index is 1040. The molecule has 8 nitrogen and oxygen atoms in total. The van der Waals surface area contributed by atoms with E-state index in [1.807, 2.05) is 11.4 Å². The number of thiazole rings is 1. The van der Waals surface area contributed by atoms with E-state index in [1.165, 1.54) is 16.0 Å². The highest BCUT2D eigenvalue weighted by Gasteiger charge is 2.17. The highest BCUT2D eigenvalue weighted by molar-refractivity contribution is 7.13. The molecule has 0 aliphatic heterocycles. The fraction of sp³-hybridized carbons (Fsp3) is 0.125. The highest BCUT2D eigenvalue weighted by atomic mass is 32.1. The Morgan fingerprint density at radius 2 is 2.08 bits per heavy atom. The number of aryl methyl sites for hydroxylation is 1. The summed E-state index contributed by atoms with van der Waals surface area (Å²) in [4.78, 5) is 25.4. The van der Waals surface area contributed by atoms with E-state index in [0.29, 0.717) is 29.1 Å². The lowest BCUT2D eigenvalue weighted by Gasteiger charge is -2.02. The van der Waals surface area contributed by atoms with Gasteiger partial charge in [-0.1, -0.05) is 0 Å². The van der Waals surface area contributed by atoms with Crippen molar-refractivity contribution in [2.75, 3.05) is 0 Å². The minimum absolute atomic E-state index is 0.203. The van der Waals surface area contributed by atoms with Gasteiger partial charge in [-0.25, -0.2) is 15.0 Å². The van der Waals surface area contributed by atoms with Gasteiger partial charge in [-0.15, -0.1) is 11.3 Å². The Kier molecular flexibility index (Phi) is 3.90. The summed E-state index contributed by atoms with van der Waals surface area (Å²) in [7, 11) is 0. The predicted octanol–water partition coefficient (Wildman–Crippen LogP) is 1.88. The largest absolute Gasteiger partial charge is 0.346 e. The molecule has 0 spiro atoms. The number of nitrogens with one attached hydrogen (secondary N) is 1. The van der Waals surface area contributed by atoms with Gasteiger partial charge in [-0.3, -0.25) is 4.79 Å². The monoisotopic (exact) mass is 351 g/mol. The van der Waals surface area contributed by atoms with Gasteiger partial charge in [-0.2, -0.15) is 14.8 Å². The van der Waals surface area contributed by atoms with Gasteiger partial charge in [0.1, 0.15) is 5.52 Å². The fourth-order valence-electron chi connectivity index (χ4n) is 2.45. The molecule has 25 heavy (non-hydrogen) atoms. The number of carbonyl (C=O) groups is 1. The van der Waals surface area contributed by atoms with Crippen molar-refractivity contribution in [2.24, 2.45) is 0 Å². The molecule has 9 heteroatoms. The Morgan fingerprint density at radius 1 is 1.24 bits per heavy atom. The molecule has 0 radical (unpaired) electrons. The van der Waals surface area contributed by atoms with Gasteiger partial charge >= 0.3 is 0 Å². The summed E-state index contributed by atoms with van der Waals surface area (Å²) in [6.07, 6.45) is 4.98. The van der Waals surface area contributed by atoms with Gasteiger partial charge in [0.2, 0.25) is 0 Å². The maximum Gasteiger partial charge on any atom is 0.255 e. The number of nitrogens with zero attached hydrogens (tertiary/aromatic N) is 6. The van der Waals surface area contributed by atoms with Gasteiger partial charge in [0.05, 0.1) is 23.5 Å². The van der Waals surface area contributed by atoms with Crippen LogP contribution < -0.4 is 5.32 Å². The molecule has 4 aromatic rings. The summed E-state index contributed by atoms with van der Waals surface area (Å²) < 4.78 is 1.46. The lowest BCUT2D eigenvalue weighted by atomic mass is 10.2. The van der Waals surface area contributed by atoms with Gasteiger partial charge < -0.3 is 5.32 Å². The lowest BCUT2D eigenvalue weighted by Crippen LogP contribution is -2.23. The Labute approximate surface area is 146 Å². The maximum atomic E-state index is 12.5. The number of fused-ring (bicyclic) bond motifs is 1. The second-order valence-electron chi connectivity index (χ2n) is 5.26. The van der Waals surface area contributed by atoms with Gasteiger partial charge in [0.15, 0.2) is 10.8 Å². The third-order valence-electron chi connectivity index (χ3n) is 3.56. The minimum Gasteiger partial charge on any atom is -0.346 e. The summed E-state index contributed by atoms with van der Waals surface area (Å²) in [5, 5.41) is 13.8. The first-order chi connectivity index (χ1) is 12.2. The normalized spacial score (nSPS) is 10.9. The molecule has 124 valence electrons. The van der Waals surface area contributed by atoms with E-state index < -0.39 is 0 Å². The molecule has 0 saturated heterocycles. The molecule has 1 N–H and O–H groups in total. The molecule has 0 fully saturated rings. The molecule has 0 aliphatic rings. The van der Waals surface area contributed by atoms with E-state index >= 15 is 0 Å². The Hall–Kier alpha value is -3.20. The van der Waals surface area contributed by atoms with Crippen LogP contribution in [0.1, 0.15) is 21.7 Å². The number of hydrogen-bond donors (Lipinski definition) is 1. The van der Waals surface area contributed by atoms with Crippen molar-refractivity contribution < 1.29 is 4.79 Å². The zero-order chi connectivity index (χ0) is 17.2. The standard InChI is InChI=1S/C16H13N7OS/c1-10-13(12-4-2-7-20-23(12)22-10)15(24)19-8-11-9-25-16(21-11)14-17-5-3-6-18-14/h2-7,9H,8H2,1H3,(H,19,24). The summed E-state index contributed by atoms with van der Waals surface area (Å²) in [5.41, 5.74) is 2.59. The van der Waals surface area contributed by atoms with Crippen LogP contribution in [-0.4, -0.2) is 35.7 Å². The number of carbonyl (C=O) groups excluding carboxylic acids is 1. The topological polar surface area (TPSA) is 98.0 Å². The van der Waals surface area contributed by atoms with E-state index in [4.69, 9.17) is 0 Å².